The van der Waals surface area contributed by atoms with Crippen LogP contribution < -0.4 is 10.2 Å². The Morgan fingerprint density at radius 3 is 2.62 bits per heavy atom. The minimum Gasteiger partial charge on any atom is -0.447 e. The minimum atomic E-state index is -0.377. The lowest BCUT2D eigenvalue weighted by molar-refractivity contribution is 0.0930. The van der Waals surface area contributed by atoms with Crippen molar-refractivity contribution in [2.75, 3.05) is 38.7 Å². The number of carbonyl (C=O) groups excluding carboxylic acids is 2. The molecule has 2 aromatic rings. The molecule has 0 saturated carbocycles. The van der Waals surface area contributed by atoms with E-state index in [0.29, 0.717) is 30.9 Å². The van der Waals surface area contributed by atoms with E-state index in [2.05, 4.69) is 5.32 Å². The molecule has 1 saturated heterocycles. The summed E-state index contributed by atoms with van der Waals surface area (Å²) in [6.45, 7) is 1.55. The Kier molecular flexibility index (Phi) is 5.53. The fourth-order valence-corrected chi connectivity index (χ4v) is 2.97. The second-order valence-corrected chi connectivity index (χ2v) is 6.52. The number of rotatable bonds is 6. The van der Waals surface area contributed by atoms with E-state index in [4.69, 9.17) is 4.74 Å². The van der Waals surface area contributed by atoms with E-state index in [1.807, 2.05) is 49.3 Å². The van der Waals surface area contributed by atoms with Crippen LogP contribution in [0.3, 0.4) is 0 Å². The van der Waals surface area contributed by atoms with E-state index in [1.54, 1.807) is 24.3 Å². The highest BCUT2D eigenvalue weighted by Crippen LogP contribution is 2.21. The van der Waals surface area contributed by atoms with Crippen LogP contribution in [-0.4, -0.2) is 50.7 Å². The third kappa shape index (κ3) is 4.21. The SMILES string of the molecule is CN(C)CC(NC(=O)c1cccc(N2CCOC2=O)c1)c1ccccc1. The first kappa shape index (κ1) is 17.9. The van der Waals surface area contributed by atoms with Crippen molar-refractivity contribution in [2.45, 2.75) is 6.04 Å². The average molecular weight is 353 g/mol. The summed E-state index contributed by atoms with van der Waals surface area (Å²) in [6, 6.07) is 16.8. The predicted octanol–water partition coefficient (Wildman–Crippen LogP) is 2.68. The molecule has 0 aliphatic carbocycles. The largest absolute Gasteiger partial charge is 0.447 e. The molecule has 0 radical (unpaired) electrons. The van der Waals surface area contributed by atoms with Gasteiger partial charge in [-0.15, -0.1) is 0 Å². The smallest absolute Gasteiger partial charge is 0.414 e. The Labute approximate surface area is 153 Å². The number of likely N-dealkylation sites (N-methyl/N-ethyl adjacent to an activating group) is 1. The molecule has 6 heteroatoms. The summed E-state index contributed by atoms with van der Waals surface area (Å²) < 4.78 is 4.97. The van der Waals surface area contributed by atoms with Crippen molar-refractivity contribution in [1.82, 2.24) is 10.2 Å². The number of nitrogens with one attached hydrogen (secondary N) is 1. The summed E-state index contributed by atoms with van der Waals surface area (Å²) in [5, 5.41) is 3.09. The molecule has 1 aliphatic rings. The number of hydrogen-bond donors (Lipinski definition) is 1. The summed E-state index contributed by atoms with van der Waals surface area (Å²) >= 11 is 0. The quantitative estimate of drug-likeness (QED) is 0.867. The van der Waals surface area contributed by atoms with Gasteiger partial charge < -0.3 is 15.0 Å². The number of ether oxygens (including phenoxy) is 1. The van der Waals surface area contributed by atoms with E-state index in [1.165, 1.54) is 4.90 Å². The molecule has 1 fully saturated rings. The van der Waals surface area contributed by atoms with Gasteiger partial charge in [0, 0.05) is 17.8 Å². The van der Waals surface area contributed by atoms with Crippen molar-refractivity contribution in [3.05, 3.63) is 65.7 Å². The highest BCUT2D eigenvalue weighted by molar-refractivity contribution is 5.97. The topological polar surface area (TPSA) is 61.9 Å². The second-order valence-electron chi connectivity index (χ2n) is 6.52. The van der Waals surface area contributed by atoms with Crippen LogP contribution in [0.25, 0.3) is 0 Å². The maximum Gasteiger partial charge on any atom is 0.414 e. The van der Waals surface area contributed by atoms with Crippen LogP contribution in [0.4, 0.5) is 10.5 Å². The van der Waals surface area contributed by atoms with Gasteiger partial charge in [-0.1, -0.05) is 36.4 Å². The van der Waals surface area contributed by atoms with E-state index in [-0.39, 0.29) is 18.0 Å². The van der Waals surface area contributed by atoms with E-state index >= 15 is 0 Å². The van der Waals surface area contributed by atoms with Gasteiger partial charge in [0.05, 0.1) is 12.6 Å². The maximum absolute atomic E-state index is 12.8. The Hall–Kier alpha value is -2.86. The number of cyclic esters (lactones) is 1. The number of carbonyl (C=O) groups is 2. The lowest BCUT2D eigenvalue weighted by atomic mass is 10.1. The highest BCUT2D eigenvalue weighted by Gasteiger charge is 2.24. The van der Waals surface area contributed by atoms with E-state index < -0.39 is 0 Å². The lowest BCUT2D eigenvalue weighted by Gasteiger charge is -2.23. The van der Waals surface area contributed by atoms with Crippen molar-refractivity contribution in [3.63, 3.8) is 0 Å². The summed E-state index contributed by atoms with van der Waals surface area (Å²) in [4.78, 5) is 28.1. The third-order valence-electron chi connectivity index (χ3n) is 4.24. The molecule has 1 heterocycles. The molecule has 1 N–H and O–H groups in total. The molecule has 1 aliphatic heterocycles. The van der Waals surface area contributed by atoms with Crippen molar-refractivity contribution >= 4 is 17.7 Å². The zero-order chi connectivity index (χ0) is 18.5. The molecule has 1 unspecified atom stereocenters. The highest BCUT2D eigenvalue weighted by atomic mass is 16.6. The Balaban J connectivity index is 1.78. The molecule has 0 aromatic heterocycles. The fourth-order valence-electron chi connectivity index (χ4n) is 2.97. The predicted molar refractivity (Wildman–Crippen MR) is 100 cm³/mol. The molecule has 136 valence electrons. The number of nitrogens with zero attached hydrogens (tertiary/aromatic N) is 2. The molecule has 6 nitrogen and oxygen atoms in total. The Morgan fingerprint density at radius 1 is 1.19 bits per heavy atom. The van der Waals surface area contributed by atoms with Gasteiger partial charge in [-0.25, -0.2) is 4.79 Å². The number of hydrogen-bond acceptors (Lipinski definition) is 4. The van der Waals surface area contributed by atoms with Crippen LogP contribution in [0.5, 0.6) is 0 Å². The van der Waals surface area contributed by atoms with Crippen LogP contribution in [0.1, 0.15) is 22.0 Å². The van der Waals surface area contributed by atoms with Gasteiger partial charge in [-0.3, -0.25) is 9.69 Å². The first-order valence-corrected chi connectivity index (χ1v) is 8.59. The average Bonchev–Trinajstić information content (AvgIpc) is 3.07. The van der Waals surface area contributed by atoms with Gasteiger partial charge in [0.2, 0.25) is 0 Å². The van der Waals surface area contributed by atoms with Crippen molar-refractivity contribution in [2.24, 2.45) is 0 Å². The molecule has 3 rings (SSSR count). The monoisotopic (exact) mass is 353 g/mol. The normalized spacial score (nSPS) is 15.0. The zero-order valence-electron chi connectivity index (χ0n) is 15.0. The first-order chi connectivity index (χ1) is 12.5. The second kappa shape index (κ2) is 8.01. The van der Waals surface area contributed by atoms with Crippen LogP contribution >= 0.6 is 0 Å². The first-order valence-electron chi connectivity index (χ1n) is 8.59. The van der Waals surface area contributed by atoms with Crippen LogP contribution in [0.2, 0.25) is 0 Å². The summed E-state index contributed by atoms with van der Waals surface area (Å²) in [5.74, 6) is -0.171. The van der Waals surface area contributed by atoms with Crippen LogP contribution in [0, 0.1) is 0 Å². The van der Waals surface area contributed by atoms with Gasteiger partial charge in [0.1, 0.15) is 6.61 Å². The van der Waals surface area contributed by atoms with Gasteiger partial charge in [-0.05, 0) is 37.9 Å². The van der Waals surface area contributed by atoms with E-state index in [9.17, 15) is 9.59 Å². The third-order valence-corrected chi connectivity index (χ3v) is 4.24. The maximum atomic E-state index is 12.8. The van der Waals surface area contributed by atoms with Gasteiger partial charge in [0.25, 0.3) is 5.91 Å². The molecular weight excluding hydrogens is 330 g/mol. The Morgan fingerprint density at radius 2 is 1.96 bits per heavy atom. The van der Waals surface area contributed by atoms with Gasteiger partial charge in [0.15, 0.2) is 0 Å². The van der Waals surface area contributed by atoms with Crippen LogP contribution in [0.15, 0.2) is 54.6 Å². The van der Waals surface area contributed by atoms with Gasteiger partial charge in [-0.2, -0.15) is 0 Å². The van der Waals surface area contributed by atoms with Crippen molar-refractivity contribution < 1.29 is 14.3 Å². The summed E-state index contributed by atoms with van der Waals surface area (Å²) in [6.07, 6.45) is -0.377. The molecule has 2 amide bonds. The molecular formula is C20H23N3O3. The molecule has 0 spiro atoms. The summed E-state index contributed by atoms with van der Waals surface area (Å²) in [7, 11) is 3.95. The van der Waals surface area contributed by atoms with Crippen LogP contribution in [-0.2, 0) is 4.74 Å². The van der Waals surface area contributed by atoms with E-state index in [0.717, 1.165) is 5.56 Å². The van der Waals surface area contributed by atoms with Gasteiger partial charge >= 0.3 is 6.09 Å². The molecule has 26 heavy (non-hydrogen) atoms. The zero-order valence-corrected chi connectivity index (χ0v) is 15.0. The van der Waals surface area contributed by atoms with Crippen molar-refractivity contribution in [1.29, 1.82) is 0 Å². The standard InChI is InChI=1S/C20H23N3O3/c1-22(2)14-18(15-7-4-3-5-8-15)21-19(24)16-9-6-10-17(13-16)23-11-12-26-20(23)25/h3-10,13,18H,11-12,14H2,1-2H3,(H,21,24). The Bertz CT molecular complexity index is 777. The number of anilines is 1. The van der Waals surface area contributed by atoms with Crippen molar-refractivity contribution in [3.8, 4) is 0 Å². The molecule has 1 atom stereocenters. The fraction of sp³-hybridized carbons (Fsp3) is 0.300. The lowest BCUT2D eigenvalue weighted by Crippen LogP contribution is -2.35. The number of amides is 2. The minimum absolute atomic E-state index is 0.126. The summed E-state index contributed by atoms with van der Waals surface area (Å²) in [5.41, 5.74) is 2.24. The molecule has 0 bridgehead atoms. The molecule has 2 aromatic carbocycles. The number of benzene rings is 2.